The number of fused-ring (bicyclic) bond motifs is 2. The average Bonchev–Trinajstić information content (AvgIpc) is 3.52. The number of methoxy groups -OCH3 is 1. The molecule has 0 spiro atoms. The number of imidazole rings is 1. The summed E-state index contributed by atoms with van der Waals surface area (Å²) in [6.45, 7) is 0.289. The molecule has 4 aromatic rings. The van der Waals surface area contributed by atoms with Crippen molar-refractivity contribution in [2.45, 2.75) is 12.1 Å². The van der Waals surface area contributed by atoms with Gasteiger partial charge in [-0.25, -0.2) is 19.7 Å². The van der Waals surface area contributed by atoms with Gasteiger partial charge in [0, 0.05) is 24.7 Å². The Morgan fingerprint density at radius 3 is 2.58 bits per heavy atom. The molecule has 2 aliphatic heterocycles. The summed E-state index contributed by atoms with van der Waals surface area (Å²) in [5.74, 6) is -0.170. The van der Waals surface area contributed by atoms with Crippen LogP contribution in [0.1, 0.15) is 21.5 Å². The molecule has 11 heteroatoms. The minimum atomic E-state index is -1.44. The number of hydrogen-bond acceptors (Lipinski definition) is 7. The van der Waals surface area contributed by atoms with Crippen LogP contribution in [0, 0.1) is 0 Å². The highest BCUT2D eigenvalue weighted by molar-refractivity contribution is 6.08. The Balaban J connectivity index is 1.35. The predicted octanol–water partition coefficient (Wildman–Crippen LogP) is 1.73. The van der Waals surface area contributed by atoms with Crippen LogP contribution in [-0.2, 0) is 23.9 Å². The molecular weight excluding hydrogens is 462 g/mol. The number of nitrogens with one attached hydrogen (secondary N) is 2. The van der Waals surface area contributed by atoms with E-state index in [0.717, 1.165) is 11.1 Å². The molecule has 1 fully saturated rings. The molecule has 0 unspecified atom stereocenters. The van der Waals surface area contributed by atoms with Gasteiger partial charge in [0.05, 0.1) is 20.0 Å². The van der Waals surface area contributed by atoms with Gasteiger partial charge in [0.1, 0.15) is 23.3 Å². The molecule has 2 N–H and O–H groups in total. The summed E-state index contributed by atoms with van der Waals surface area (Å²) >= 11 is 0. The van der Waals surface area contributed by atoms with E-state index in [1.54, 1.807) is 35.5 Å². The topological polar surface area (TPSA) is 131 Å². The Kier molecular flexibility index (Phi) is 4.75. The molecule has 0 radical (unpaired) electrons. The van der Waals surface area contributed by atoms with Crippen molar-refractivity contribution in [2.75, 3.05) is 13.7 Å². The molecular formula is C25H21N7O4. The van der Waals surface area contributed by atoms with E-state index < -0.39 is 17.5 Å². The number of hydrogen-bond donors (Lipinski definition) is 2. The predicted molar refractivity (Wildman–Crippen MR) is 128 cm³/mol. The van der Waals surface area contributed by atoms with E-state index in [0.29, 0.717) is 40.3 Å². The van der Waals surface area contributed by atoms with Gasteiger partial charge in [0.25, 0.3) is 11.8 Å². The molecule has 6 rings (SSSR count). The monoisotopic (exact) mass is 483 g/mol. The highest BCUT2D eigenvalue weighted by atomic mass is 16.5. The molecule has 0 aliphatic carbocycles. The first kappa shape index (κ1) is 21.7. The van der Waals surface area contributed by atoms with Crippen LogP contribution in [0.4, 0.5) is 4.79 Å². The van der Waals surface area contributed by atoms with Crippen LogP contribution < -0.4 is 15.4 Å². The van der Waals surface area contributed by atoms with Gasteiger partial charge < -0.3 is 19.5 Å². The van der Waals surface area contributed by atoms with Gasteiger partial charge in [-0.3, -0.25) is 14.9 Å². The van der Waals surface area contributed by atoms with E-state index in [1.807, 2.05) is 29.8 Å². The van der Waals surface area contributed by atoms with Crippen molar-refractivity contribution in [1.82, 2.24) is 35.1 Å². The van der Waals surface area contributed by atoms with E-state index in [-0.39, 0.29) is 12.5 Å². The zero-order valence-electron chi connectivity index (χ0n) is 19.5. The van der Waals surface area contributed by atoms with Gasteiger partial charge in [-0.15, -0.1) is 0 Å². The average molecular weight is 483 g/mol. The molecule has 0 bridgehead atoms. The number of aromatic nitrogens is 4. The number of nitrogens with zero attached hydrogens (tertiary/aromatic N) is 5. The second-order valence-corrected chi connectivity index (χ2v) is 8.83. The first-order valence-electron chi connectivity index (χ1n) is 11.2. The zero-order valence-corrected chi connectivity index (χ0v) is 19.5. The van der Waals surface area contributed by atoms with Crippen LogP contribution in [0.3, 0.4) is 0 Å². The summed E-state index contributed by atoms with van der Waals surface area (Å²) in [6.07, 6.45) is 3.15. The Morgan fingerprint density at radius 2 is 1.86 bits per heavy atom. The molecule has 11 nitrogen and oxygen atoms in total. The highest BCUT2D eigenvalue weighted by Gasteiger charge is 2.50. The number of amides is 4. The van der Waals surface area contributed by atoms with Crippen LogP contribution in [0.15, 0.2) is 55.1 Å². The molecule has 180 valence electrons. The zero-order chi connectivity index (χ0) is 25.0. The lowest BCUT2D eigenvalue weighted by molar-refractivity contribution is -0.124. The summed E-state index contributed by atoms with van der Waals surface area (Å²) in [5.41, 5.74) is 3.25. The fourth-order valence-electron chi connectivity index (χ4n) is 4.85. The number of aryl methyl sites for hydroxylation is 1. The van der Waals surface area contributed by atoms with E-state index in [9.17, 15) is 14.4 Å². The summed E-state index contributed by atoms with van der Waals surface area (Å²) in [5, 5.41) is 5.09. The van der Waals surface area contributed by atoms with Crippen molar-refractivity contribution in [2.24, 2.45) is 7.05 Å². The molecule has 2 aliphatic rings. The van der Waals surface area contributed by atoms with Crippen molar-refractivity contribution in [1.29, 1.82) is 0 Å². The third-order valence-corrected chi connectivity index (χ3v) is 6.71. The van der Waals surface area contributed by atoms with E-state index in [4.69, 9.17) is 4.74 Å². The van der Waals surface area contributed by atoms with Gasteiger partial charge in [0.2, 0.25) is 0 Å². The third-order valence-electron chi connectivity index (χ3n) is 6.71. The summed E-state index contributed by atoms with van der Waals surface area (Å²) in [6, 6.07) is 11.9. The standard InChI is InChI=1S/C25H21N7O4/c1-31-13-28-20-19(26-12-27-21(20)31)14-3-6-16(7-4-14)25(23(34)29-24(35)30-25)11-32-10-15-5-8-17(36-2)9-18(15)22(32)33/h3-9,12-13H,10-11H2,1-2H3,(H2,29,30,34,35)/t25-/m0/s1. The minimum Gasteiger partial charge on any atom is -0.497 e. The number of urea groups is 1. The van der Waals surface area contributed by atoms with Gasteiger partial charge >= 0.3 is 6.03 Å². The second kappa shape index (κ2) is 7.87. The fraction of sp³-hybridized carbons (Fsp3) is 0.200. The number of rotatable bonds is 5. The van der Waals surface area contributed by atoms with Crippen molar-refractivity contribution < 1.29 is 19.1 Å². The van der Waals surface area contributed by atoms with Crippen LogP contribution in [0.2, 0.25) is 0 Å². The van der Waals surface area contributed by atoms with E-state index >= 15 is 0 Å². The SMILES string of the molecule is COc1ccc2c(c1)C(=O)N(C[C@@]1(c3ccc(-c4ncnc5c4ncn5C)cc3)NC(=O)NC1=O)C2. The van der Waals surface area contributed by atoms with Crippen molar-refractivity contribution >= 4 is 29.0 Å². The molecule has 4 heterocycles. The number of benzene rings is 2. The lowest BCUT2D eigenvalue weighted by Crippen LogP contribution is -2.52. The number of carbonyl (C=O) groups excluding carboxylic acids is 3. The molecule has 4 amide bonds. The third kappa shape index (κ3) is 3.20. The number of carbonyl (C=O) groups is 3. The maximum Gasteiger partial charge on any atom is 0.322 e. The van der Waals surface area contributed by atoms with Crippen LogP contribution in [0.5, 0.6) is 5.75 Å². The van der Waals surface area contributed by atoms with Crippen LogP contribution in [0.25, 0.3) is 22.4 Å². The van der Waals surface area contributed by atoms with Crippen molar-refractivity contribution in [3.63, 3.8) is 0 Å². The van der Waals surface area contributed by atoms with Gasteiger partial charge in [-0.2, -0.15) is 0 Å². The Bertz CT molecular complexity index is 1560. The van der Waals surface area contributed by atoms with E-state index in [1.165, 1.54) is 13.4 Å². The first-order chi connectivity index (χ1) is 17.4. The van der Waals surface area contributed by atoms with Crippen LogP contribution >= 0.6 is 0 Å². The molecule has 1 atom stereocenters. The van der Waals surface area contributed by atoms with E-state index in [2.05, 4.69) is 25.6 Å². The van der Waals surface area contributed by atoms with Crippen molar-refractivity contribution in [3.05, 3.63) is 71.8 Å². The quantitative estimate of drug-likeness (QED) is 0.413. The van der Waals surface area contributed by atoms with Crippen molar-refractivity contribution in [3.8, 4) is 17.0 Å². The maximum absolute atomic E-state index is 13.2. The largest absolute Gasteiger partial charge is 0.497 e. The summed E-state index contributed by atoms with van der Waals surface area (Å²) in [4.78, 5) is 53.2. The molecule has 2 aromatic heterocycles. The lowest BCUT2D eigenvalue weighted by atomic mass is 9.88. The smallest absolute Gasteiger partial charge is 0.322 e. The first-order valence-corrected chi connectivity index (χ1v) is 11.2. The molecule has 2 aromatic carbocycles. The Hall–Kier alpha value is -4.80. The molecule has 36 heavy (non-hydrogen) atoms. The maximum atomic E-state index is 13.2. The van der Waals surface area contributed by atoms with Crippen LogP contribution in [-0.4, -0.2) is 55.9 Å². The number of ether oxygens (including phenoxy) is 1. The normalized spacial score (nSPS) is 18.9. The molecule has 1 saturated heterocycles. The second-order valence-electron chi connectivity index (χ2n) is 8.83. The number of imide groups is 1. The van der Waals surface area contributed by atoms with Gasteiger partial charge in [-0.1, -0.05) is 30.3 Å². The Morgan fingerprint density at radius 1 is 1.06 bits per heavy atom. The molecule has 0 saturated carbocycles. The fourth-order valence-corrected chi connectivity index (χ4v) is 4.85. The lowest BCUT2D eigenvalue weighted by Gasteiger charge is -2.31. The van der Waals surface area contributed by atoms with Gasteiger partial charge in [0.15, 0.2) is 11.2 Å². The summed E-state index contributed by atoms with van der Waals surface area (Å²) in [7, 11) is 3.39. The minimum absolute atomic E-state index is 0.0300. The Labute approximate surface area is 205 Å². The summed E-state index contributed by atoms with van der Waals surface area (Å²) < 4.78 is 7.05. The van der Waals surface area contributed by atoms with Gasteiger partial charge in [-0.05, 0) is 23.3 Å². The highest BCUT2D eigenvalue weighted by Crippen LogP contribution is 2.34.